The number of rotatable bonds is 5. The van der Waals surface area contributed by atoms with Gasteiger partial charge in [0, 0.05) is 37.9 Å². The van der Waals surface area contributed by atoms with Crippen molar-refractivity contribution >= 4 is 24.8 Å². The van der Waals surface area contributed by atoms with Gasteiger partial charge in [-0.2, -0.15) is 5.10 Å². The van der Waals surface area contributed by atoms with E-state index < -0.39 is 0 Å². The highest BCUT2D eigenvalue weighted by Crippen LogP contribution is 2.31. The quantitative estimate of drug-likeness (QED) is 0.907. The maximum atomic E-state index is 5.97. The van der Waals surface area contributed by atoms with Gasteiger partial charge < -0.3 is 10.6 Å². The monoisotopic (exact) mass is 342 g/mol. The smallest absolute Gasteiger partial charge is 0.0536 e. The van der Waals surface area contributed by atoms with Crippen molar-refractivity contribution in [1.29, 1.82) is 0 Å². The number of likely N-dealkylation sites (tertiary alicyclic amines) is 1. The van der Waals surface area contributed by atoms with E-state index in [4.69, 9.17) is 5.73 Å². The van der Waals surface area contributed by atoms with E-state index in [2.05, 4.69) is 40.3 Å². The van der Waals surface area contributed by atoms with Crippen molar-refractivity contribution in [3.05, 3.63) is 54.4 Å². The summed E-state index contributed by atoms with van der Waals surface area (Å²) in [5, 5.41) is 4.26. The van der Waals surface area contributed by atoms with E-state index in [1.807, 2.05) is 23.1 Å². The molecule has 122 valence electrons. The van der Waals surface area contributed by atoms with Gasteiger partial charge in [0.1, 0.15) is 0 Å². The Morgan fingerprint density at radius 1 is 1.05 bits per heavy atom. The average Bonchev–Trinajstić information content (AvgIpc) is 3.15. The molecule has 2 N–H and O–H groups in total. The summed E-state index contributed by atoms with van der Waals surface area (Å²) in [6.07, 6.45) is 3.85. The molecular weight excluding hydrogens is 319 g/mol. The van der Waals surface area contributed by atoms with Crippen LogP contribution >= 0.6 is 24.8 Å². The zero-order valence-corrected chi connectivity index (χ0v) is 14.2. The van der Waals surface area contributed by atoms with Crippen LogP contribution < -0.4 is 5.73 Å². The molecule has 0 radical (unpaired) electrons. The lowest BCUT2D eigenvalue weighted by molar-refractivity contribution is 0.303. The molecule has 0 saturated carbocycles. The molecule has 0 aliphatic carbocycles. The van der Waals surface area contributed by atoms with Crippen LogP contribution in [0.4, 0.5) is 0 Å². The number of nitrogens with two attached hydrogens (primary N) is 1. The SMILES string of the molecule is Cl.Cl.NC[C@@H]1CN(CCn2cccn2)C[C@H]1c1ccccc1. The van der Waals surface area contributed by atoms with Crippen molar-refractivity contribution in [1.82, 2.24) is 14.7 Å². The summed E-state index contributed by atoms with van der Waals surface area (Å²) >= 11 is 0. The van der Waals surface area contributed by atoms with Gasteiger partial charge in [0.05, 0.1) is 6.54 Å². The van der Waals surface area contributed by atoms with E-state index in [0.29, 0.717) is 11.8 Å². The van der Waals surface area contributed by atoms with E-state index in [9.17, 15) is 0 Å². The maximum Gasteiger partial charge on any atom is 0.0536 e. The molecule has 2 heterocycles. The summed E-state index contributed by atoms with van der Waals surface area (Å²) in [4.78, 5) is 2.51. The van der Waals surface area contributed by atoms with Crippen LogP contribution in [0.2, 0.25) is 0 Å². The Morgan fingerprint density at radius 2 is 1.82 bits per heavy atom. The third-order valence-corrected chi connectivity index (χ3v) is 4.25. The van der Waals surface area contributed by atoms with Crippen LogP contribution in [-0.2, 0) is 6.54 Å². The third kappa shape index (κ3) is 4.46. The van der Waals surface area contributed by atoms with E-state index >= 15 is 0 Å². The Morgan fingerprint density at radius 3 is 2.45 bits per heavy atom. The summed E-state index contributed by atoms with van der Waals surface area (Å²) in [6.45, 7) is 4.95. The van der Waals surface area contributed by atoms with Crippen LogP contribution in [0, 0.1) is 5.92 Å². The molecule has 1 aliphatic rings. The first-order chi connectivity index (χ1) is 9.86. The minimum absolute atomic E-state index is 0. The van der Waals surface area contributed by atoms with Crippen molar-refractivity contribution in [2.24, 2.45) is 11.7 Å². The Hall–Kier alpha value is -1.07. The fourth-order valence-corrected chi connectivity index (χ4v) is 3.14. The molecule has 2 aromatic rings. The highest BCUT2D eigenvalue weighted by atomic mass is 35.5. The summed E-state index contributed by atoms with van der Waals surface area (Å²) in [5.41, 5.74) is 7.39. The van der Waals surface area contributed by atoms with Gasteiger partial charge in [0.15, 0.2) is 0 Å². The Labute approximate surface area is 144 Å². The van der Waals surface area contributed by atoms with Crippen LogP contribution in [0.15, 0.2) is 48.8 Å². The van der Waals surface area contributed by atoms with Gasteiger partial charge in [-0.1, -0.05) is 30.3 Å². The maximum absolute atomic E-state index is 5.97. The molecule has 1 fully saturated rings. The number of nitrogens with zero attached hydrogens (tertiary/aromatic N) is 3. The highest BCUT2D eigenvalue weighted by molar-refractivity contribution is 5.85. The van der Waals surface area contributed by atoms with Crippen LogP contribution in [0.1, 0.15) is 11.5 Å². The molecule has 22 heavy (non-hydrogen) atoms. The molecule has 2 atom stereocenters. The first-order valence-electron chi connectivity index (χ1n) is 7.31. The first-order valence-corrected chi connectivity index (χ1v) is 7.31. The van der Waals surface area contributed by atoms with Crippen molar-refractivity contribution < 1.29 is 0 Å². The van der Waals surface area contributed by atoms with Crippen LogP contribution in [0.3, 0.4) is 0 Å². The largest absolute Gasteiger partial charge is 0.330 e. The molecule has 0 bridgehead atoms. The number of benzene rings is 1. The molecular formula is C16H24Cl2N4. The molecule has 6 heteroatoms. The van der Waals surface area contributed by atoms with Crippen LogP contribution in [0.5, 0.6) is 0 Å². The summed E-state index contributed by atoms with van der Waals surface area (Å²) in [7, 11) is 0. The molecule has 4 nitrogen and oxygen atoms in total. The third-order valence-electron chi connectivity index (χ3n) is 4.25. The van der Waals surface area contributed by atoms with E-state index in [-0.39, 0.29) is 24.8 Å². The fraction of sp³-hybridized carbons (Fsp3) is 0.438. The van der Waals surface area contributed by atoms with Crippen LogP contribution in [0.25, 0.3) is 0 Å². The minimum atomic E-state index is 0. The second-order valence-electron chi connectivity index (χ2n) is 5.54. The van der Waals surface area contributed by atoms with Gasteiger partial charge in [-0.3, -0.25) is 4.68 Å². The van der Waals surface area contributed by atoms with Gasteiger partial charge in [-0.25, -0.2) is 0 Å². The molecule has 1 saturated heterocycles. The lowest BCUT2D eigenvalue weighted by Crippen LogP contribution is -2.26. The zero-order chi connectivity index (χ0) is 13.8. The van der Waals surface area contributed by atoms with Crippen LogP contribution in [-0.4, -0.2) is 40.9 Å². The van der Waals surface area contributed by atoms with Gasteiger partial charge in [0.25, 0.3) is 0 Å². The molecule has 0 spiro atoms. The number of halogens is 2. The minimum Gasteiger partial charge on any atom is -0.330 e. The Kier molecular flexibility index (Phi) is 7.90. The normalized spacial score (nSPS) is 21.1. The Balaban J connectivity index is 0.00000121. The summed E-state index contributed by atoms with van der Waals surface area (Å²) in [5.74, 6) is 1.13. The standard InChI is InChI=1S/C16H22N4.2ClH/c17-11-15-12-19(9-10-20-8-4-7-18-20)13-16(15)14-5-2-1-3-6-14;;/h1-8,15-16H,9-13,17H2;2*1H/t15-,16+;;/m1../s1. The summed E-state index contributed by atoms with van der Waals surface area (Å²) < 4.78 is 1.99. The molecule has 1 aromatic heterocycles. The molecule has 1 aromatic carbocycles. The predicted molar refractivity (Wildman–Crippen MR) is 94.9 cm³/mol. The summed E-state index contributed by atoms with van der Waals surface area (Å²) in [6, 6.07) is 12.7. The number of hydrogen-bond acceptors (Lipinski definition) is 3. The highest BCUT2D eigenvalue weighted by Gasteiger charge is 2.32. The lowest BCUT2D eigenvalue weighted by atomic mass is 9.89. The van der Waals surface area contributed by atoms with Gasteiger partial charge in [0.2, 0.25) is 0 Å². The Bertz CT molecular complexity index is 518. The lowest BCUT2D eigenvalue weighted by Gasteiger charge is -2.16. The molecule has 1 aliphatic heterocycles. The molecule has 3 rings (SSSR count). The van der Waals surface area contributed by atoms with Crippen molar-refractivity contribution in [2.75, 3.05) is 26.2 Å². The van der Waals surface area contributed by atoms with Crippen molar-refractivity contribution in [2.45, 2.75) is 12.5 Å². The topological polar surface area (TPSA) is 47.1 Å². The van der Waals surface area contributed by atoms with Crippen molar-refractivity contribution in [3.8, 4) is 0 Å². The first kappa shape index (κ1) is 19.0. The fourth-order valence-electron chi connectivity index (χ4n) is 3.14. The van der Waals surface area contributed by atoms with E-state index in [0.717, 1.165) is 32.7 Å². The van der Waals surface area contributed by atoms with Gasteiger partial charge >= 0.3 is 0 Å². The second-order valence-corrected chi connectivity index (χ2v) is 5.54. The van der Waals surface area contributed by atoms with Crippen molar-refractivity contribution in [3.63, 3.8) is 0 Å². The van der Waals surface area contributed by atoms with E-state index in [1.54, 1.807) is 0 Å². The van der Waals surface area contributed by atoms with Gasteiger partial charge in [-0.15, -0.1) is 24.8 Å². The second kappa shape index (κ2) is 9.16. The molecule has 0 amide bonds. The number of hydrogen-bond donors (Lipinski definition) is 1. The average molecular weight is 343 g/mol. The van der Waals surface area contributed by atoms with E-state index in [1.165, 1.54) is 5.56 Å². The van der Waals surface area contributed by atoms with Gasteiger partial charge in [-0.05, 0) is 24.1 Å². The predicted octanol–water partition coefficient (Wildman–Crippen LogP) is 2.40. The zero-order valence-electron chi connectivity index (χ0n) is 12.5. The molecule has 0 unspecified atom stereocenters. The number of aromatic nitrogens is 2.